The van der Waals surface area contributed by atoms with E-state index in [1.807, 2.05) is 30.3 Å². The molecule has 24 heavy (non-hydrogen) atoms. The van der Waals surface area contributed by atoms with Gasteiger partial charge in [0.15, 0.2) is 11.5 Å². The van der Waals surface area contributed by atoms with E-state index in [0.717, 1.165) is 5.75 Å². The predicted octanol–water partition coefficient (Wildman–Crippen LogP) is 0.682. The summed E-state index contributed by atoms with van der Waals surface area (Å²) in [5.41, 5.74) is 0.0778. The summed E-state index contributed by atoms with van der Waals surface area (Å²) in [5.74, 6) is 1.15. The Balaban J connectivity index is 1.53. The standard InChI is InChI=1S/C17H19N3O4/c18-9-13(17(21)20-5-7-22-8-6-20)10-19-11-14-12-23-15-3-1-2-4-16(15)24-14/h1-4,10,14,19H,5-8,11-12H2/b13-10-. The highest BCUT2D eigenvalue weighted by Gasteiger charge is 2.22. The van der Waals surface area contributed by atoms with Crippen molar-refractivity contribution in [2.45, 2.75) is 6.10 Å². The molecule has 1 atom stereocenters. The molecule has 7 nitrogen and oxygen atoms in total. The molecule has 0 aliphatic carbocycles. The van der Waals surface area contributed by atoms with Crippen LogP contribution in [-0.4, -0.2) is 56.4 Å². The second-order valence-electron chi connectivity index (χ2n) is 5.48. The number of amides is 1. The molecule has 126 valence electrons. The molecule has 0 aromatic heterocycles. The number of hydrogen-bond donors (Lipinski definition) is 1. The van der Waals surface area contributed by atoms with Crippen LogP contribution in [0, 0.1) is 11.3 Å². The summed E-state index contributed by atoms with van der Waals surface area (Å²) >= 11 is 0. The highest BCUT2D eigenvalue weighted by molar-refractivity contribution is 5.97. The molecule has 1 unspecified atom stereocenters. The molecule has 0 bridgehead atoms. The van der Waals surface area contributed by atoms with Crippen LogP contribution in [0.2, 0.25) is 0 Å². The maximum atomic E-state index is 12.3. The lowest BCUT2D eigenvalue weighted by molar-refractivity contribution is -0.130. The van der Waals surface area contributed by atoms with Crippen molar-refractivity contribution >= 4 is 5.91 Å². The van der Waals surface area contributed by atoms with Crippen LogP contribution < -0.4 is 14.8 Å². The number of morpholine rings is 1. The molecule has 2 aliphatic rings. The number of nitriles is 1. The van der Waals surface area contributed by atoms with Gasteiger partial charge in [0.05, 0.1) is 19.8 Å². The first-order valence-electron chi connectivity index (χ1n) is 7.87. The van der Waals surface area contributed by atoms with Gasteiger partial charge >= 0.3 is 0 Å². The van der Waals surface area contributed by atoms with Crippen molar-refractivity contribution < 1.29 is 19.0 Å². The van der Waals surface area contributed by atoms with Crippen LogP contribution in [0.25, 0.3) is 0 Å². The average Bonchev–Trinajstić information content (AvgIpc) is 2.65. The van der Waals surface area contributed by atoms with Gasteiger partial charge in [-0.05, 0) is 12.1 Å². The minimum absolute atomic E-state index is 0.0778. The van der Waals surface area contributed by atoms with Gasteiger partial charge in [-0.15, -0.1) is 0 Å². The number of nitrogens with zero attached hydrogens (tertiary/aromatic N) is 2. The third-order valence-corrected chi connectivity index (χ3v) is 3.81. The van der Waals surface area contributed by atoms with Crippen LogP contribution in [0.4, 0.5) is 0 Å². The maximum absolute atomic E-state index is 12.3. The second-order valence-corrected chi connectivity index (χ2v) is 5.48. The molecule has 0 radical (unpaired) electrons. The lowest BCUT2D eigenvalue weighted by atomic mass is 10.2. The van der Waals surface area contributed by atoms with Gasteiger partial charge < -0.3 is 24.4 Å². The van der Waals surface area contributed by atoms with Gasteiger partial charge in [-0.2, -0.15) is 5.26 Å². The number of carbonyl (C=O) groups excluding carboxylic acids is 1. The van der Waals surface area contributed by atoms with Crippen molar-refractivity contribution in [2.24, 2.45) is 0 Å². The highest BCUT2D eigenvalue weighted by Crippen LogP contribution is 2.30. The van der Waals surface area contributed by atoms with Gasteiger partial charge in [0.1, 0.15) is 24.4 Å². The van der Waals surface area contributed by atoms with Crippen molar-refractivity contribution in [1.29, 1.82) is 5.26 Å². The number of carbonyl (C=O) groups is 1. The van der Waals surface area contributed by atoms with Gasteiger partial charge in [0.2, 0.25) is 0 Å². The first-order chi connectivity index (χ1) is 11.8. The van der Waals surface area contributed by atoms with E-state index in [-0.39, 0.29) is 17.6 Å². The zero-order valence-corrected chi connectivity index (χ0v) is 13.2. The average molecular weight is 329 g/mol. The third kappa shape index (κ3) is 3.78. The fraction of sp³-hybridized carbons (Fsp3) is 0.412. The Morgan fingerprint density at radius 2 is 2.08 bits per heavy atom. The molecule has 2 aliphatic heterocycles. The third-order valence-electron chi connectivity index (χ3n) is 3.81. The summed E-state index contributed by atoms with van der Waals surface area (Å²) in [7, 11) is 0. The minimum atomic E-state index is -0.278. The van der Waals surface area contributed by atoms with E-state index >= 15 is 0 Å². The van der Waals surface area contributed by atoms with Gasteiger partial charge in [-0.25, -0.2) is 0 Å². The first-order valence-corrected chi connectivity index (χ1v) is 7.87. The van der Waals surface area contributed by atoms with Crippen LogP contribution in [0.1, 0.15) is 0 Å². The molecule has 0 spiro atoms. The second kappa shape index (κ2) is 7.70. The Morgan fingerprint density at radius 1 is 1.33 bits per heavy atom. The zero-order valence-electron chi connectivity index (χ0n) is 13.2. The number of hydrogen-bond acceptors (Lipinski definition) is 6. The minimum Gasteiger partial charge on any atom is -0.486 e. The lowest BCUT2D eigenvalue weighted by Gasteiger charge is -2.27. The van der Waals surface area contributed by atoms with E-state index in [2.05, 4.69) is 5.32 Å². The highest BCUT2D eigenvalue weighted by atomic mass is 16.6. The van der Waals surface area contributed by atoms with Crippen molar-refractivity contribution in [3.05, 3.63) is 36.0 Å². The molecular formula is C17H19N3O4. The summed E-state index contributed by atoms with van der Waals surface area (Å²) < 4.78 is 16.6. The van der Waals surface area contributed by atoms with E-state index in [1.54, 1.807) is 4.90 Å². The summed E-state index contributed by atoms with van der Waals surface area (Å²) in [5, 5.41) is 12.2. The normalized spacial score (nSPS) is 20.2. The van der Waals surface area contributed by atoms with Crippen LogP contribution in [0.5, 0.6) is 11.5 Å². The van der Waals surface area contributed by atoms with E-state index in [1.165, 1.54) is 6.20 Å². The quantitative estimate of drug-likeness (QED) is 0.646. The Hall–Kier alpha value is -2.72. The summed E-state index contributed by atoms with van der Waals surface area (Å²) in [6, 6.07) is 9.42. The molecule has 2 heterocycles. The first kappa shape index (κ1) is 16.1. The van der Waals surface area contributed by atoms with Crippen LogP contribution in [0.15, 0.2) is 36.0 Å². The number of fused-ring (bicyclic) bond motifs is 1. The molecular weight excluding hydrogens is 310 g/mol. The van der Waals surface area contributed by atoms with E-state index in [4.69, 9.17) is 14.2 Å². The number of para-hydroxylation sites is 2. The van der Waals surface area contributed by atoms with Gasteiger partial charge in [0.25, 0.3) is 5.91 Å². The molecule has 1 aromatic carbocycles. The van der Waals surface area contributed by atoms with Crippen molar-refractivity contribution in [3.63, 3.8) is 0 Å². The Bertz CT molecular complexity index is 662. The predicted molar refractivity (Wildman–Crippen MR) is 85.5 cm³/mol. The van der Waals surface area contributed by atoms with Crippen LogP contribution in [-0.2, 0) is 9.53 Å². The topological polar surface area (TPSA) is 83.8 Å². The van der Waals surface area contributed by atoms with Crippen LogP contribution >= 0.6 is 0 Å². The molecule has 1 fully saturated rings. The fourth-order valence-electron chi connectivity index (χ4n) is 2.53. The molecule has 1 aromatic rings. The summed E-state index contributed by atoms with van der Waals surface area (Å²) in [6.07, 6.45) is 1.26. The number of benzene rings is 1. The largest absolute Gasteiger partial charge is 0.486 e. The zero-order chi connectivity index (χ0) is 16.8. The SMILES string of the molecule is N#C/C(=C/NCC1COc2ccccc2O1)C(=O)N1CCOCC1. The smallest absolute Gasteiger partial charge is 0.266 e. The van der Waals surface area contributed by atoms with Gasteiger partial charge in [-0.3, -0.25) is 4.79 Å². The molecule has 1 saturated heterocycles. The number of nitrogens with one attached hydrogen (secondary N) is 1. The summed E-state index contributed by atoms with van der Waals surface area (Å²) in [4.78, 5) is 13.9. The fourth-order valence-corrected chi connectivity index (χ4v) is 2.53. The Morgan fingerprint density at radius 3 is 2.83 bits per heavy atom. The van der Waals surface area contributed by atoms with Crippen LogP contribution in [0.3, 0.4) is 0 Å². The Kier molecular flexibility index (Phi) is 5.18. The van der Waals surface area contributed by atoms with E-state index in [9.17, 15) is 10.1 Å². The van der Waals surface area contributed by atoms with Crippen molar-refractivity contribution in [2.75, 3.05) is 39.5 Å². The molecule has 1 amide bonds. The number of rotatable bonds is 4. The van der Waals surface area contributed by atoms with Crippen molar-refractivity contribution in [3.8, 4) is 17.6 Å². The molecule has 0 saturated carbocycles. The van der Waals surface area contributed by atoms with Gasteiger partial charge in [-0.1, -0.05) is 12.1 Å². The van der Waals surface area contributed by atoms with Crippen molar-refractivity contribution in [1.82, 2.24) is 10.2 Å². The Labute approximate surface area is 140 Å². The van der Waals surface area contributed by atoms with E-state index < -0.39 is 0 Å². The maximum Gasteiger partial charge on any atom is 0.266 e. The monoisotopic (exact) mass is 329 g/mol. The number of ether oxygens (including phenoxy) is 3. The molecule has 7 heteroatoms. The lowest BCUT2D eigenvalue weighted by Crippen LogP contribution is -2.42. The van der Waals surface area contributed by atoms with Gasteiger partial charge in [0, 0.05) is 19.3 Å². The summed E-state index contributed by atoms with van der Waals surface area (Å²) in [6.45, 7) is 2.88. The molecule has 3 rings (SSSR count). The molecule has 1 N–H and O–H groups in total. The van der Waals surface area contributed by atoms with E-state index in [0.29, 0.717) is 45.2 Å².